The van der Waals surface area contributed by atoms with Gasteiger partial charge in [0, 0.05) is 18.5 Å². The number of carbonyl (C=O) groups excluding carboxylic acids is 1. The Hall–Kier alpha value is -2.34. The van der Waals surface area contributed by atoms with Crippen LogP contribution in [0.4, 0.5) is 0 Å². The molecule has 2 aliphatic rings. The van der Waals surface area contributed by atoms with Crippen molar-refractivity contribution in [3.05, 3.63) is 60.2 Å². The summed E-state index contributed by atoms with van der Waals surface area (Å²) >= 11 is 0. The molecule has 2 saturated heterocycles. The Bertz CT molecular complexity index is 975. The van der Waals surface area contributed by atoms with Crippen molar-refractivity contribution in [3.63, 3.8) is 0 Å². The Kier molecular flexibility index (Phi) is 6.14. The van der Waals surface area contributed by atoms with Crippen LogP contribution in [0.15, 0.2) is 59.5 Å². The maximum Gasteiger partial charge on any atom is 0.223 e. The van der Waals surface area contributed by atoms with Crippen molar-refractivity contribution >= 4 is 15.7 Å². The summed E-state index contributed by atoms with van der Waals surface area (Å²) in [5.41, 5.74) is 1.04. The van der Waals surface area contributed by atoms with Crippen LogP contribution >= 0.6 is 0 Å². The van der Waals surface area contributed by atoms with Gasteiger partial charge < -0.3 is 9.64 Å². The molecule has 2 aromatic rings. The average molecular weight is 428 g/mol. The van der Waals surface area contributed by atoms with Gasteiger partial charge in [0.15, 0.2) is 9.84 Å². The fourth-order valence-corrected chi connectivity index (χ4v) is 6.84. The number of hydrogen-bond donors (Lipinski definition) is 0. The lowest BCUT2D eigenvalue weighted by Crippen LogP contribution is -2.49. The van der Waals surface area contributed by atoms with E-state index in [1.807, 2.05) is 42.2 Å². The summed E-state index contributed by atoms with van der Waals surface area (Å²) in [4.78, 5) is 15.4. The van der Waals surface area contributed by atoms with Gasteiger partial charge in [0.05, 0.1) is 16.8 Å². The predicted molar refractivity (Wildman–Crippen MR) is 116 cm³/mol. The van der Waals surface area contributed by atoms with Crippen LogP contribution in [-0.2, 0) is 21.1 Å². The van der Waals surface area contributed by atoms with Crippen LogP contribution in [-0.4, -0.2) is 43.2 Å². The predicted octanol–water partition coefficient (Wildman–Crippen LogP) is 4.01. The second-order valence-corrected chi connectivity index (χ2v) is 10.4. The Morgan fingerprint density at radius 1 is 1.00 bits per heavy atom. The third-order valence-electron chi connectivity index (χ3n) is 6.37. The molecule has 4 rings (SSSR count). The van der Waals surface area contributed by atoms with E-state index in [0.717, 1.165) is 24.2 Å². The topological polar surface area (TPSA) is 63.7 Å². The molecular formula is C24H29NO4S. The van der Waals surface area contributed by atoms with Crippen molar-refractivity contribution in [3.8, 4) is 5.75 Å². The number of amides is 1. The molecule has 0 N–H and O–H groups in total. The van der Waals surface area contributed by atoms with Crippen molar-refractivity contribution in [2.45, 2.75) is 67.7 Å². The molecule has 2 unspecified atom stereocenters. The molecule has 2 fully saturated rings. The zero-order valence-electron chi connectivity index (χ0n) is 17.4. The number of piperidine rings is 1. The van der Waals surface area contributed by atoms with Crippen LogP contribution in [0, 0.1) is 0 Å². The van der Waals surface area contributed by atoms with Crippen LogP contribution in [0.2, 0.25) is 0 Å². The third kappa shape index (κ3) is 4.10. The summed E-state index contributed by atoms with van der Waals surface area (Å²) in [5, 5.41) is -0.403. The molecule has 0 saturated carbocycles. The van der Waals surface area contributed by atoms with E-state index in [-0.39, 0.29) is 18.0 Å². The summed E-state index contributed by atoms with van der Waals surface area (Å²) in [6.45, 7) is 2.55. The van der Waals surface area contributed by atoms with E-state index >= 15 is 0 Å². The largest absolute Gasteiger partial charge is 0.494 e. The van der Waals surface area contributed by atoms with E-state index in [0.29, 0.717) is 37.2 Å². The molecule has 0 aromatic heterocycles. The fraction of sp³-hybridized carbons (Fsp3) is 0.458. The van der Waals surface area contributed by atoms with Gasteiger partial charge in [0.2, 0.25) is 5.91 Å². The Morgan fingerprint density at radius 2 is 1.63 bits per heavy atom. The van der Waals surface area contributed by atoms with Crippen molar-refractivity contribution in [1.82, 2.24) is 4.90 Å². The number of carbonyl (C=O) groups is 1. The van der Waals surface area contributed by atoms with Crippen LogP contribution in [0.1, 0.15) is 44.6 Å². The summed E-state index contributed by atoms with van der Waals surface area (Å²) < 4.78 is 31.8. The van der Waals surface area contributed by atoms with Gasteiger partial charge in [-0.3, -0.25) is 4.79 Å². The van der Waals surface area contributed by atoms with Crippen molar-refractivity contribution in [1.29, 1.82) is 0 Å². The van der Waals surface area contributed by atoms with Gasteiger partial charge >= 0.3 is 0 Å². The first kappa shape index (κ1) is 20.9. The summed E-state index contributed by atoms with van der Waals surface area (Å²) in [7, 11) is -3.36. The molecule has 2 aliphatic heterocycles. The molecule has 6 heteroatoms. The van der Waals surface area contributed by atoms with Gasteiger partial charge in [-0.25, -0.2) is 8.42 Å². The smallest absolute Gasteiger partial charge is 0.223 e. The molecule has 2 bridgehead atoms. The molecule has 2 aromatic carbocycles. The zero-order valence-corrected chi connectivity index (χ0v) is 18.2. The van der Waals surface area contributed by atoms with Crippen LogP contribution in [0.25, 0.3) is 0 Å². The normalized spacial score (nSPS) is 23.4. The number of benzene rings is 2. The van der Waals surface area contributed by atoms with Crippen LogP contribution < -0.4 is 4.74 Å². The molecule has 160 valence electrons. The van der Waals surface area contributed by atoms with Gasteiger partial charge in [-0.05, 0) is 62.8 Å². The Balaban J connectivity index is 1.42. The van der Waals surface area contributed by atoms with Gasteiger partial charge in [-0.2, -0.15) is 0 Å². The molecule has 0 spiro atoms. The SMILES string of the molecule is CCOc1ccccc1CCC(=O)N1C2CCC1CC(S(=O)(=O)c1ccccc1)C2. The second-order valence-electron chi connectivity index (χ2n) is 8.18. The molecule has 2 atom stereocenters. The van der Waals surface area contributed by atoms with E-state index in [2.05, 4.69) is 0 Å². The molecule has 0 aliphatic carbocycles. The van der Waals surface area contributed by atoms with Crippen LogP contribution in [0.3, 0.4) is 0 Å². The quantitative estimate of drug-likeness (QED) is 0.670. The minimum Gasteiger partial charge on any atom is -0.494 e. The highest BCUT2D eigenvalue weighted by Crippen LogP contribution is 2.40. The zero-order chi connectivity index (χ0) is 21.1. The number of rotatable bonds is 7. The highest BCUT2D eigenvalue weighted by molar-refractivity contribution is 7.92. The second kappa shape index (κ2) is 8.80. The number of ether oxygens (including phenoxy) is 1. The lowest BCUT2D eigenvalue weighted by Gasteiger charge is -2.38. The Labute approximate surface area is 179 Å². The third-order valence-corrected chi connectivity index (χ3v) is 8.56. The number of fused-ring (bicyclic) bond motifs is 2. The van der Waals surface area contributed by atoms with E-state index in [1.165, 1.54) is 0 Å². The molecule has 30 heavy (non-hydrogen) atoms. The number of hydrogen-bond acceptors (Lipinski definition) is 4. The number of para-hydroxylation sites is 1. The van der Waals surface area contributed by atoms with Gasteiger partial charge in [-0.15, -0.1) is 0 Å². The van der Waals surface area contributed by atoms with E-state index in [1.54, 1.807) is 24.3 Å². The van der Waals surface area contributed by atoms with Gasteiger partial charge in [0.25, 0.3) is 0 Å². The summed E-state index contributed by atoms with van der Waals surface area (Å²) in [6.07, 6.45) is 3.92. The maximum absolute atomic E-state index is 13.1. The summed E-state index contributed by atoms with van der Waals surface area (Å²) in [6, 6.07) is 16.6. The highest BCUT2D eigenvalue weighted by Gasteiger charge is 2.46. The van der Waals surface area contributed by atoms with Crippen LogP contribution in [0.5, 0.6) is 5.75 Å². The lowest BCUT2D eigenvalue weighted by molar-refractivity contribution is -0.135. The molecule has 5 nitrogen and oxygen atoms in total. The van der Waals surface area contributed by atoms with Crippen molar-refractivity contribution in [2.24, 2.45) is 0 Å². The minimum absolute atomic E-state index is 0.0295. The molecule has 0 radical (unpaired) electrons. The average Bonchev–Trinajstić information content (AvgIpc) is 3.03. The standard InChI is InChI=1S/C24H29NO4S/c1-2-29-23-11-7-6-8-18(23)12-15-24(26)25-19-13-14-20(25)17-22(16-19)30(27,28)21-9-4-3-5-10-21/h3-11,19-20,22H,2,12-17H2,1H3. The Morgan fingerprint density at radius 3 is 2.30 bits per heavy atom. The maximum atomic E-state index is 13.1. The van der Waals surface area contributed by atoms with Crippen molar-refractivity contribution < 1.29 is 17.9 Å². The summed E-state index contributed by atoms with van der Waals surface area (Å²) in [5.74, 6) is 0.966. The molecule has 2 heterocycles. The lowest BCUT2D eigenvalue weighted by atomic mass is 10.0. The van der Waals surface area contributed by atoms with Gasteiger partial charge in [-0.1, -0.05) is 36.4 Å². The number of sulfone groups is 1. The molecule has 1 amide bonds. The van der Waals surface area contributed by atoms with Gasteiger partial charge in [0.1, 0.15) is 5.75 Å². The minimum atomic E-state index is -3.36. The van der Waals surface area contributed by atoms with E-state index in [4.69, 9.17) is 4.74 Å². The molecular weight excluding hydrogens is 398 g/mol. The monoisotopic (exact) mass is 427 g/mol. The first-order valence-corrected chi connectivity index (χ1v) is 12.4. The van der Waals surface area contributed by atoms with E-state index in [9.17, 15) is 13.2 Å². The number of nitrogens with zero attached hydrogens (tertiary/aromatic N) is 1. The first-order chi connectivity index (χ1) is 14.5. The first-order valence-electron chi connectivity index (χ1n) is 10.8. The van der Waals surface area contributed by atoms with Crippen molar-refractivity contribution in [2.75, 3.05) is 6.61 Å². The van der Waals surface area contributed by atoms with E-state index < -0.39 is 15.1 Å². The fourth-order valence-electron chi connectivity index (χ4n) is 4.97. The number of aryl methyl sites for hydroxylation is 1. The highest BCUT2D eigenvalue weighted by atomic mass is 32.2.